The van der Waals surface area contributed by atoms with Crippen molar-refractivity contribution in [2.75, 3.05) is 13.7 Å². The predicted octanol–water partition coefficient (Wildman–Crippen LogP) is 3.22. The van der Waals surface area contributed by atoms with Crippen molar-refractivity contribution in [1.29, 1.82) is 0 Å². The van der Waals surface area contributed by atoms with E-state index in [4.69, 9.17) is 21.7 Å². The first kappa shape index (κ1) is 17.5. The zero-order valence-electron chi connectivity index (χ0n) is 13.8. The van der Waals surface area contributed by atoms with E-state index >= 15 is 0 Å². The number of rotatable bonds is 6. The van der Waals surface area contributed by atoms with Crippen molar-refractivity contribution in [3.05, 3.63) is 23.8 Å². The lowest BCUT2D eigenvalue weighted by Crippen LogP contribution is -2.40. The summed E-state index contributed by atoms with van der Waals surface area (Å²) in [5, 5.41) is 8.09. The van der Waals surface area contributed by atoms with Gasteiger partial charge in [0.05, 0.1) is 19.9 Å². The fourth-order valence-corrected chi connectivity index (χ4v) is 2.94. The minimum absolute atomic E-state index is 0.467. The van der Waals surface area contributed by atoms with Crippen molar-refractivity contribution >= 4 is 23.5 Å². The highest BCUT2D eigenvalue weighted by Gasteiger charge is 2.13. The number of benzene rings is 1. The Morgan fingerprint density at radius 3 is 2.83 bits per heavy atom. The van der Waals surface area contributed by atoms with E-state index in [-0.39, 0.29) is 0 Å². The van der Waals surface area contributed by atoms with Gasteiger partial charge in [-0.1, -0.05) is 25.3 Å². The molecule has 0 spiro atoms. The molecule has 0 aliphatic heterocycles. The van der Waals surface area contributed by atoms with E-state index in [1.54, 1.807) is 13.3 Å². The van der Waals surface area contributed by atoms with Crippen LogP contribution in [-0.4, -0.2) is 31.1 Å². The van der Waals surface area contributed by atoms with Gasteiger partial charge in [-0.3, -0.25) is 5.43 Å². The van der Waals surface area contributed by atoms with Crippen molar-refractivity contribution in [2.45, 2.75) is 45.1 Å². The number of thiocarbonyl (C=S) groups is 1. The molecule has 2 rings (SSSR count). The first-order chi connectivity index (χ1) is 11.2. The highest BCUT2D eigenvalue weighted by Crippen LogP contribution is 2.29. The topological polar surface area (TPSA) is 54.9 Å². The summed E-state index contributed by atoms with van der Waals surface area (Å²) in [5.74, 6) is 1.38. The SMILES string of the molecule is CCOc1c(/C=N\NC(=S)NC2CCCCC2)cccc1OC. The molecule has 6 heteroatoms. The zero-order chi connectivity index (χ0) is 16.5. The van der Waals surface area contributed by atoms with Crippen LogP contribution in [-0.2, 0) is 0 Å². The third kappa shape index (κ3) is 5.39. The Kier molecular flexibility index (Phi) is 7.13. The maximum absolute atomic E-state index is 5.65. The van der Waals surface area contributed by atoms with Crippen LogP contribution in [0.25, 0.3) is 0 Å². The summed E-state index contributed by atoms with van der Waals surface area (Å²) >= 11 is 5.29. The van der Waals surface area contributed by atoms with Crippen molar-refractivity contribution in [3.63, 3.8) is 0 Å². The fourth-order valence-electron chi connectivity index (χ4n) is 2.72. The summed E-state index contributed by atoms with van der Waals surface area (Å²) in [7, 11) is 1.63. The molecule has 1 aliphatic carbocycles. The lowest BCUT2D eigenvalue weighted by Gasteiger charge is -2.23. The van der Waals surface area contributed by atoms with Gasteiger partial charge in [-0.25, -0.2) is 0 Å². The molecule has 5 nitrogen and oxygen atoms in total. The number of hydrazone groups is 1. The molecule has 0 saturated heterocycles. The highest BCUT2D eigenvalue weighted by atomic mass is 32.1. The van der Waals surface area contributed by atoms with Gasteiger partial charge in [0.2, 0.25) is 0 Å². The van der Waals surface area contributed by atoms with E-state index < -0.39 is 0 Å². The molecule has 0 bridgehead atoms. The zero-order valence-corrected chi connectivity index (χ0v) is 14.6. The number of ether oxygens (including phenoxy) is 2. The summed E-state index contributed by atoms with van der Waals surface area (Å²) in [6.45, 7) is 2.51. The summed E-state index contributed by atoms with van der Waals surface area (Å²) < 4.78 is 11.0. The average Bonchev–Trinajstić information content (AvgIpc) is 2.57. The molecule has 1 aliphatic rings. The third-order valence-electron chi connectivity index (χ3n) is 3.83. The molecular formula is C17H25N3O2S. The number of hydrogen-bond donors (Lipinski definition) is 2. The smallest absolute Gasteiger partial charge is 0.187 e. The molecule has 0 aromatic heterocycles. The molecule has 0 heterocycles. The van der Waals surface area contributed by atoms with Crippen LogP contribution in [0, 0.1) is 0 Å². The van der Waals surface area contributed by atoms with Crippen LogP contribution in [0.15, 0.2) is 23.3 Å². The Morgan fingerprint density at radius 2 is 2.13 bits per heavy atom. The molecule has 0 unspecified atom stereocenters. The molecule has 0 amide bonds. The van der Waals surface area contributed by atoms with Crippen LogP contribution in [0.3, 0.4) is 0 Å². The molecule has 1 fully saturated rings. The van der Waals surface area contributed by atoms with Crippen molar-refractivity contribution in [1.82, 2.24) is 10.7 Å². The van der Waals surface area contributed by atoms with Gasteiger partial charge >= 0.3 is 0 Å². The average molecular weight is 335 g/mol. The Hall–Kier alpha value is -1.82. The number of nitrogens with zero attached hydrogens (tertiary/aromatic N) is 1. The van der Waals surface area contributed by atoms with E-state index in [1.807, 2.05) is 25.1 Å². The van der Waals surface area contributed by atoms with Crippen LogP contribution < -0.4 is 20.2 Å². The number of hydrogen-bond acceptors (Lipinski definition) is 4. The maximum Gasteiger partial charge on any atom is 0.187 e. The van der Waals surface area contributed by atoms with Gasteiger partial charge in [0.1, 0.15) is 0 Å². The summed E-state index contributed by atoms with van der Waals surface area (Å²) in [6.07, 6.45) is 7.91. The van der Waals surface area contributed by atoms with Gasteiger partial charge in [-0.05, 0) is 44.1 Å². The number of nitrogens with one attached hydrogen (secondary N) is 2. The molecule has 1 saturated carbocycles. The molecule has 1 aromatic carbocycles. The molecule has 1 aromatic rings. The summed E-state index contributed by atoms with van der Waals surface area (Å²) in [4.78, 5) is 0. The van der Waals surface area contributed by atoms with Crippen LogP contribution >= 0.6 is 12.2 Å². The van der Waals surface area contributed by atoms with E-state index in [1.165, 1.54) is 32.1 Å². The van der Waals surface area contributed by atoms with Crippen molar-refractivity contribution in [3.8, 4) is 11.5 Å². The van der Waals surface area contributed by atoms with Gasteiger partial charge in [0, 0.05) is 11.6 Å². The molecule has 0 radical (unpaired) electrons. The van der Waals surface area contributed by atoms with E-state index in [9.17, 15) is 0 Å². The Labute approximate surface area is 143 Å². The lowest BCUT2D eigenvalue weighted by molar-refractivity contribution is 0.310. The second-order valence-electron chi connectivity index (χ2n) is 5.49. The summed E-state index contributed by atoms with van der Waals surface area (Å²) in [6, 6.07) is 6.16. The second-order valence-corrected chi connectivity index (χ2v) is 5.90. The molecule has 2 N–H and O–H groups in total. The van der Waals surface area contributed by atoms with Crippen molar-refractivity contribution in [2.24, 2.45) is 5.10 Å². The van der Waals surface area contributed by atoms with E-state index in [0.29, 0.717) is 29.3 Å². The maximum atomic E-state index is 5.65. The number of para-hydroxylation sites is 1. The summed E-state index contributed by atoms with van der Waals surface area (Å²) in [5.41, 5.74) is 3.73. The van der Waals surface area contributed by atoms with Gasteiger partial charge in [-0.2, -0.15) is 5.10 Å². The normalized spacial score (nSPS) is 15.4. The molecular weight excluding hydrogens is 310 g/mol. The predicted molar refractivity (Wildman–Crippen MR) is 97.5 cm³/mol. The van der Waals surface area contributed by atoms with Gasteiger partial charge < -0.3 is 14.8 Å². The molecule has 126 valence electrons. The number of methoxy groups -OCH3 is 1. The van der Waals surface area contributed by atoms with Gasteiger partial charge in [0.25, 0.3) is 0 Å². The van der Waals surface area contributed by atoms with Crippen LogP contribution in [0.5, 0.6) is 11.5 Å². The molecule has 0 atom stereocenters. The van der Waals surface area contributed by atoms with Gasteiger partial charge in [-0.15, -0.1) is 0 Å². The largest absolute Gasteiger partial charge is 0.493 e. The van der Waals surface area contributed by atoms with E-state index in [2.05, 4.69) is 15.8 Å². The van der Waals surface area contributed by atoms with Crippen LogP contribution in [0.1, 0.15) is 44.6 Å². The molecule has 23 heavy (non-hydrogen) atoms. The second kappa shape index (κ2) is 9.35. The van der Waals surface area contributed by atoms with Crippen LogP contribution in [0.2, 0.25) is 0 Å². The Balaban J connectivity index is 1.93. The minimum Gasteiger partial charge on any atom is -0.493 e. The standard InChI is InChI=1S/C17H25N3O2S/c1-3-22-16-13(8-7-11-15(16)21-2)12-18-20-17(23)19-14-9-5-4-6-10-14/h7-8,11-12,14H,3-6,9-10H2,1-2H3,(H2,19,20,23)/b18-12-. The highest BCUT2D eigenvalue weighted by molar-refractivity contribution is 7.80. The monoisotopic (exact) mass is 335 g/mol. The Bertz CT molecular complexity index is 543. The van der Waals surface area contributed by atoms with Crippen LogP contribution in [0.4, 0.5) is 0 Å². The first-order valence-electron chi connectivity index (χ1n) is 8.14. The van der Waals surface area contributed by atoms with Crippen molar-refractivity contribution < 1.29 is 9.47 Å². The Morgan fingerprint density at radius 1 is 1.35 bits per heavy atom. The third-order valence-corrected chi connectivity index (χ3v) is 4.04. The fraction of sp³-hybridized carbons (Fsp3) is 0.529. The minimum atomic E-state index is 0.467. The van der Waals surface area contributed by atoms with E-state index in [0.717, 1.165) is 5.56 Å². The first-order valence-corrected chi connectivity index (χ1v) is 8.54. The lowest BCUT2D eigenvalue weighted by atomic mass is 9.96. The van der Waals surface area contributed by atoms with Gasteiger partial charge in [0.15, 0.2) is 16.6 Å². The quantitative estimate of drug-likeness (QED) is 0.475.